The fraction of sp³-hybridized carbons (Fsp3) is 0.889. The van der Waals surface area contributed by atoms with Crippen molar-refractivity contribution in [3.63, 3.8) is 0 Å². The molecule has 1 saturated heterocycles. The van der Waals surface area contributed by atoms with E-state index in [4.69, 9.17) is 10.5 Å². The summed E-state index contributed by atoms with van der Waals surface area (Å²) in [5.41, 5.74) is 5.19. The number of fused-ring (bicyclic) bond motifs is 1. The van der Waals surface area contributed by atoms with Crippen LogP contribution in [0, 0.1) is 5.92 Å². The molecule has 1 aliphatic heterocycles. The first-order valence-corrected chi connectivity index (χ1v) is 4.67. The van der Waals surface area contributed by atoms with E-state index in [-0.39, 0.29) is 18.0 Å². The number of esters is 1. The number of nitrogens with two attached hydrogens (primary N) is 1. The second-order valence-electron chi connectivity index (χ2n) is 3.89. The maximum absolute atomic E-state index is 11.4. The first-order chi connectivity index (χ1) is 6.18. The number of hydrogen-bond acceptors (Lipinski definition) is 4. The molecule has 1 saturated carbocycles. The van der Waals surface area contributed by atoms with Crippen LogP contribution in [0.5, 0.6) is 0 Å². The Hall–Kier alpha value is -0.610. The summed E-state index contributed by atoms with van der Waals surface area (Å²) in [6, 6.07) is 0. The lowest BCUT2D eigenvalue weighted by Gasteiger charge is -2.52. The molecule has 13 heavy (non-hydrogen) atoms. The lowest BCUT2D eigenvalue weighted by molar-refractivity contribution is -0.178. The van der Waals surface area contributed by atoms with Crippen molar-refractivity contribution >= 4 is 5.97 Å². The molecule has 0 bridgehead atoms. The van der Waals surface area contributed by atoms with Gasteiger partial charge in [-0.25, -0.2) is 0 Å². The summed E-state index contributed by atoms with van der Waals surface area (Å²) in [4.78, 5) is 11.4. The summed E-state index contributed by atoms with van der Waals surface area (Å²) >= 11 is 0. The number of ether oxygens (including phenoxy) is 2. The van der Waals surface area contributed by atoms with Gasteiger partial charge in [0.05, 0.1) is 13.2 Å². The summed E-state index contributed by atoms with van der Waals surface area (Å²) in [7, 11) is 1.38. The fourth-order valence-electron chi connectivity index (χ4n) is 2.38. The van der Waals surface area contributed by atoms with Gasteiger partial charge in [0.15, 0.2) is 0 Å². The molecule has 2 N–H and O–H groups in total. The predicted octanol–water partition coefficient (Wildman–Crippen LogP) is 0.0558. The van der Waals surface area contributed by atoms with Crippen molar-refractivity contribution in [2.24, 2.45) is 11.7 Å². The van der Waals surface area contributed by atoms with Crippen LogP contribution in [-0.2, 0) is 14.3 Å². The van der Waals surface area contributed by atoms with Crippen molar-refractivity contribution < 1.29 is 14.3 Å². The highest BCUT2D eigenvalue weighted by Crippen LogP contribution is 2.44. The minimum atomic E-state index is -0.764. The second kappa shape index (κ2) is 2.96. The second-order valence-corrected chi connectivity index (χ2v) is 3.89. The third-order valence-corrected chi connectivity index (χ3v) is 3.21. The van der Waals surface area contributed by atoms with Gasteiger partial charge in [0, 0.05) is 18.9 Å². The van der Waals surface area contributed by atoms with Crippen LogP contribution in [0.2, 0.25) is 0 Å². The van der Waals surface area contributed by atoms with Crippen LogP contribution in [0.4, 0.5) is 0 Å². The summed E-state index contributed by atoms with van der Waals surface area (Å²) in [5, 5.41) is 0. The maximum atomic E-state index is 11.4. The summed E-state index contributed by atoms with van der Waals surface area (Å²) in [6.07, 6.45) is 2.79. The van der Waals surface area contributed by atoms with Crippen molar-refractivity contribution in [3.8, 4) is 0 Å². The van der Waals surface area contributed by atoms with Gasteiger partial charge in [-0.2, -0.15) is 0 Å². The molecule has 1 aliphatic carbocycles. The lowest BCUT2D eigenvalue weighted by Crippen LogP contribution is -2.69. The monoisotopic (exact) mass is 185 g/mol. The fourth-order valence-corrected chi connectivity index (χ4v) is 2.38. The maximum Gasteiger partial charge on any atom is 0.326 e. The number of rotatable bonds is 1. The molecule has 0 amide bonds. The van der Waals surface area contributed by atoms with E-state index in [1.165, 1.54) is 7.11 Å². The Morgan fingerprint density at radius 3 is 3.08 bits per heavy atom. The molecule has 2 aliphatic rings. The predicted molar refractivity (Wildman–Crippen MR) is 46.0 cm³/mol. The Morgan fingerprint density at radius 2 is 2.46 bits per heavy atom. The highest BCUT2D eigenvalue weighted by Gasteiger charge is 2.58. The Bertz CT molecular complexity index is 231. The van der Waals surface area contributed by atoms with E-state index in [1.807, 2.05) is 0 Å². The van der Waals surface area contributed by atoms with Crippen LogP contribution in [0.3, 0.4) is 0 Å². The van der Waals surface area contributed by atoms with Gasteiger partial charge in [-0.3, -0.25) is 4.79 Å². The average Bonchev–Trinajstić information content (AvgIpc) is 2.15. The van der Waals surface area contributed by atoms with Gasteiger partial charge < -0.3 is 15.2 Å². The van der Waals surface area contributed by atoms with Crippen LogP contribution < -0.4 is 5.73 Å². The van der Waals surface area contributed by atoms with Crippen molar-refractivity contribution in [3.05, 3.63) is 0 Å². The standard InChI is InChI=1S/C9H15NO3/c1-12-8(11)9(10)5-7-6(9)3-2-4-13-7/h6-7H,2-5,10H2,1H3/t6-,7-,9+/m0/s1. The third-order valence-electron chi connectivity index (χ3n) is 3.21. The van der Waals surface area contributed by atoms with E-state index < -0.39 is 5.54 Å². The minimum Gasteiger partial charge on any atom is -0.468 e. The normalized spacial score (nSPS) is 43.2. The van der Waals surface area contributed by atoms with Gasteiger partial charge in [-0.05, 0) is 12.8 Å². The Labute approximate surface area is 77.4 Å². The summed E-state index contributed by atoms with van der Waals surface area (Å²) in [6.45, 7) is 0.804. The van der Waals surface area contributed by atoms with E-state index in [9.17, 15) is 4.79 Å². The average molecular weight is 185 g/mol. The zero-order valence-electron chi connectivity index (χ0n) is 7.79. The van der Waals surface area contributed by atoms with Crippen LogP contribution >= 0.6 is 0 Å². The molecule has 4 heteroatoms. The molecule has 0 spiro atoms. The van der Waals surface area contributed by atoms with Crippen LogP contribution in [0.25, 0.3) is 0 Å². The zero-order valence-corrected chi connectivity index (χ0v) is 7.79. The molecule has 0 aromatic heterocycles. The van der Waals surface area contributed by atoms with E-state index in [0.717, 1.165) is 19.4 Å². The van der Waals surface area contributed by atoms with E-state index in [2.05, 4.69) is 4.74 Å². The molecule has 74 valence electrons. The molecule has 4 nitrogen and oxygen atoms in total. The van der Waals surface area contributed by atoms with Crippen LogP contribution in [0.15, 0.2) is 0 Å². The molecule has 0 unspecified atom stereocenters. The zero-order chi connectivity index (χ0) is 9.47. The van der Waals surface area contributed by atoms with E-state index >= 15 is 0 Å². The molecule has 2 fully saturated rings. The SMILES string of the molecule is COC(=O)[C@@]1(N)C[C@@H]2OCCC[C@@H]21. The first-order valence-electron chi connectivity index (χ1n) is 4.67. The molecule has 2 rings (SSSR count). The van der Waals surface area contributed by atoms with E-state index in [1.54, 1.807) is 0 Å². The molecular formula is C9H15NO3. The third kappa shape index (κ3) is 1.16. The van der Waals surface area contributed by atoms with Crippen molar-refractivity contribution in [2.75, 3.05) is 13.7 Å². The van der Waals surface area contributed by atoms with Crippen molar-refractivity contribution in [2.45, 2.75) is 30.9 Å². The van der Waals surface area contributed by atoms with Crippen LogP contribution in [0.1, 0.15) is 19.3 Å². The number of methoxy groups -OCH3 is 1. The number of carbonyl (C=O) groups is 1. The Morgan fingerprint density at radius 1 is 1.69 bits per heavy atom. The lowest BCUT2D eigenvalue weighted by atomic mass is 9.62. The largest absolute Gasteiger partial charge is 0.468 e. The Balaban J connectivity index is 2.06. The molecular weight excluding hydrogens is 170 g/mol. The van der Waals surface area contributed by atoms with Gasteiger partial charge in [0.25, 0.3) is 0 Å². The number of hydrogen-bond donors (Lipinski definition) is 1. The van der Waals surface area contributed by atoms with Gasteiger partial charge in [-0.1, -0.05) is 0 Å². The Kier molecular flexibility index (Phi) is 2.04. The molecule has 0 radical (unpaired) electrons. The highest BCUT2D eigenvalue weighted by molar-refractivity contribution is 5.82. The molecule has 0 aromatic rings. The van der Waals surface area contributed by atoms with Gasteiger partial charge >= 0.3 is 5.97 Å². The minimum absolute atomic E-state index is 0.175. The molecule has 3 atom stereocenters. The summed E-state index contributed by atoms with van der Waals surface area (Å²) in [5.74, 6) is -0.118. The molecule has 0 aromatic carbocycles. The van der Waals surface area contributed by atoms with Gasteiger partial charge in [0.1, 0.15) is 5.54 Å². The number of carbonyl (C=O) groups excluding carboxylic acids is 1. The van der Waals surface area contributed by atoms with Crippen LogP contribution in [-0.4, -0.2) is 31.3 Å². The smallest absolute Gasteiger partial charge is 0.326 e. The highest BCUT2D eigenvalue weighted by atomic mass is 16.5. The van der Waals surface area contributed by atoms with E-state index in [0.29, 0.717) is 6.42 Å². The van der Waals surface area contributed by atoms with Gasteiger partial charge in [0.2, 0.25) is 0 Å². The van der Waals surface area contributed by atoms with Crippen molar-refractivity contribution in [1.82, 2.24) is 0 Å². The van der Waals surface area contributed by atoms with Gasteiger partial charge in [-0.15, -0.1) is 0 Å². The topological polar surface area (TPSA) is 61.5 Å². The van der Waals surface area contributed by atoms with Crippen molar-refractivity contribution in [1.29, 1.82) is 0 Å². The quantitative estimate of drug-likeness (QED) is 0.587. The first kappa shape index (κ1) is 8.97. The molecule has 1 heterocycles. The summed E-state index contributed by atoms with van der Waals surface area (Å²) < 4.78 is 10.2.